The van der Waals surface area contributed by atoms with Gasteiger partial charge >= 0.3 is 0 Å². The van der Waals surface area contributed by atoms with E-state index in [1.54, 1.807) is 57.8 Å². The summed E-state index contributed by atoms with van der Waals surface area (Å²) in [5.74, 6) is 4.70. The molecule has 0 aromatic carbocycles. The van der Waals surface area contributed by atoms with Crippen LogP contribution in [0.25, 0.3) is 0 Å². The van der Waals surface area contributed by atoms with Gasteiger partial charge < -0.3 is 0 Å². The van der Waals surface area contributed by atoms with Crippen molar-refractivity contribution in [2.75, 3.05) is 0 Å². The van der Waals surface area contributed by atoms with Gasteiger partial charge in [-0.1, -0.05) is 38.5 Å². The fourth-order valence-electron chi connectivity index (χ4n) is 4.57. The summed E-state index contributed by atoms with van der Waals surface area (Å²) in [6, 6.07) is 0. The van der Waals surface area contributed by atoms with Crippen molar-refractivity contribution in [1.29, 1.82) is 0 Å². The molecule has 0 aliphatic heterocycles. The van der Waals surface area contributed by atoms with Crippen LogP contribution in [-0.2, 0) is 0 Å². The van der Waals surface area contributed by atoms with E-state index in [2.05, 4.69) is 0 Å². The summed E-state index contributed by atoms with van der Waals surface area (Å²) in [5.41, 5.74) is 0. The third-order valence-electron chi connectivity index (χ3n) is 5.09. The van der Waals surface area contributed by atoms with Crippen LogP contribution in [0.5, 0.6) is 0 Å². The first-order valence-electron chi connectivity index (χ1n) is 6.45. The Morgan fingerprint density at radius 1 is 0.538 bits per heavy atom. The van der Waals surface area contributed by atoms with Crippen LogP contribution in [0.4, 0.5) is 0 Å². The number of fused-ring (bicyclic) bond motifs is 3. The largest absolute Gasteiger partial charge is 0.0530 e. The molecule has 0 heterocycles. The van der Waals surface area contributed by atoms with E-state index >= 15 is 0 Å². The van der Waals surface area contributed by atoms with Gasteiger partial charge in [-0.2, -0.15) is 0 Å². The summed E-state index contributed by atoms with van der Waals surface area (Å²) in [7, 11) is 0. The molecule has 74 valence electrons. The highest BCUT2D eigenvalue weighted by molar-refractivity contribution is 4.94. The van der Waals surface area contributed by atoms with Gasteiger partial charge in [0.2, 0.25) is 0 Å². The van der Waals surface area contributed by atoms with Crippen molar-refractivity contribution < 1.29 is 0 Å². The Kier molecular flexibility index (Phi) is 2.11. The van der Waals surface area contributed by atoms with Gasteiger partial charge in [-0.25, -0.2) is 0 Å². The Bertz CT molecular complexity index is 164. The minimum absolute atomic E-state index is 1.17. The Labute approximate surface area is 82.1 Å². The second-order valence-electron chi connectivity index (χ2n) is 5.65. The van der Waals surface area contributed by atoms with Gasteiger partial charge in [-0.15, -0.1) is 0 Å². The lowest BCUT2D eigenvalue weighted by atomic mass is 9.73. The van der Waals surface area contributed by atoms with Crippen molar-refractivity contribution in [1.82, 2.24) is 0 Å². The third-order valence-corrected chi connectivity index (χ3v) is 5.09. The first kappa shape index (κ1) is 8.32. The Hall–Kier alpha value is 0. The Morgan fingerprint density at radius 3 is 1.54 bits per heavy atom. The maximum atomic E-state index is 1.62. The predicted molar refractivity (Wildman–Crippen MR) is 55.5 cm³/mol. The van der Waals surface area contributed by atoms with Crippen LogP contribution in [-0.4, -0.2) is 0 Å². The molecule has 3 aliphatic rings. The summed E-state index contributed by atoms with van der Waals surface area (Å²) in [4.78, 5) is 0. The lowest BCUT2D eigenvalue weighted by Gasteiger charge is -2.32. The van der Waals surface area contributed by atoms with Crippen LogP contribution in [0.3, 0.4) is 0 Å². The highest BCUT2D eigenvalue weighted by Gasteiger charge is 2.43. The molecule has 0 spiro atoms. The van der Waals surface area contributed by atoms with Crippen LogP contribution < -0.4 is 0 Å². The fourth-order valence-corrected chi connectivity index (χ4v) is 4.57. The maximum Gasteiger partial charge on any atom is -0.0355 e. The molecular formula is C13H22. The molecule has 3 fully saturated rings. The molecule has 0 N–H and O–H groups in total. The molecule has 0 bridgehead atoms. The maximum absolute atomic E-state index is 1.62. The molecule has 3 saturated carbocycles. The van der Waals surface area contributed by atoms with E-state index in [0.717, 1.165) is 0 Å². The van der Waals surface area contributed by atoms with Crippen LogP contribution in [0, 0.1) is 23.7 Å². The van der Waals surface area contributed by atoms with Crippen LogP contribution >= 0.6 is 0 Å². The van der Waals surface area contributed by atoms with Crippen molar-refractivity contribution >= 4 is 0 Å². The van der Waals surface area contributed by atoms with E-state index in [9.17, 15) is 0 Å². The van der Waals surface area contributed by atoms with Gasteiger partial charge in [0, 0.05) is 0 Å². The zero-order valence-corrected chi connectivity index (χ0v) is 8.67. The van der Waals surface area contributed by atoms with E-state index < -0.39 is 0 Å². The van der Waals surface area contributed by atoms with Crippen LogP contribution in [0.15, 0.2) is 0 Å². The minimum Gasteiger partial charge on any atom is -0.0530 e. The molecular weight excluding hydrogens is 156 g/mol. The lowest BCUT2D eigenvalue weighted by Crippen LogP contribution is -2.22. The molecule has 3 rings (SSSR count). The van der Waals surface area contributed by atoms with E-state index in [1.165, 1.54) is 23.7 Å². The summed E-state index contributed by atoms with van der Waals surface area (Å²) in [6.07, 6.45) is 14.1. The first-order chi connectivity index (χ1) is 6.45. The van der Waals surface area contributed by atoms with Crippen molar-refractivity contribution in [3.63, 3.8) is 0 Å². The van der Waals surface area contributed by atoms with Gasteiger partial charge in [0.05, 0.1) is 0 Å². The molecule has 0 amide bonds. The minimum atomic E-state index is 1.17. The number of hydrogen-bond donors (Lipinski definition) is 0. The van der Waals surface area contributed by atoms with Crippen molar-refractivity contribution in [2.45, 2.75) is 57.8 Å². The molecule has 0 aromatic heterocycles. The molecule has 0 radical (unpaired) electrons. The smallest absolute Gasteiger partial charge is 0.0355 e. The third kappa shape index (κ3) is 1.33. The van der Waals surface area contributed by atoms with Gasteiger partial charge in [0.25, 0.3) is 0 Å². The second-order valence-corrected chi connectivity index (χ2v) is 5.65. The quantitative estimate of drug-likeness (QED) is 0.526. The average Bonchev–Trinajstić information content (AvgIpc) is 2.56. The standard InChI is InChI=1S/C13H22/c1-3-7-12-10(5-1)9-11-6-2-4-8-13(11)12/h10-13H,1-9H2/t10-,11+,12+,13-. The monoisotopic (exact) mass is 178 g/mol. The molecule has 0 saturated heterocycles. The molecule has 0 heteroatoms. The van der Waals surface area contributed by atoms with E-state index in [0.29, 0.717) is 0 Å². The van der Waals surface area contributed by atoms with Crippen LogP contribution in [0.2, 0.25) is 0 Å². The Morgan fingerprint density at radius 2 is 1.00 bits per heavy atom. The Balaban J connectivity index is 1.76. The summed E-state index contributed by atoms with van der Waals surface area (Å²) >= 11 is 0. The second kappa shape index (κ2) is 3.29. The first-order valence-corrected chi connectivity index (χ1v) is 6.45. The highest BCUT2D eigenvalue weighted by Crippen LogP contribution is 2.53. The lowest BCUT2D eigenvalue weighted by molar-refractivity contribution is 0.184. The molecule has 4 atom stereocenters. The van der Waals surface area contributed by atoms with Gasteiger partial charge in [0.15, 0.2) is 0 Å². The average molecular weight is 178 g/mol. The molecule has 0 aromatic rings. The molecule has 13 heavy (non-hydrogen) atoms. The summed E-state index contributed by atoms with van der Waals surface area (Å²) in [5, 5.41) is 0. The topological polar surface area (TPSA) is 0 Å². The van der Waals surface area contributed by atoms with Crippen LogP contribution in [0.1, 0.15) is 57.8 Å². The van der Waals surface area contributed by atoms with E-state index in [1.807, 2.05) is 0 Å². The SMILES string of the molecule is C1CC[C@@H]2[C@@H](C1)C[C@H]1CCCC[C@@H]12. The normalized spacial score (nSPS) is 49.8. The van der Waals surface area contributed by atoms with E-state index in [-0.39, 0.29) is 0 Å². The van der Waals surface area contributed by atoms with E-state index in [4.69, 9.17) is 0 Å². The number of rotatable bonds is 0. The summed E-state index contributed by atoms with van der Waals surface area (Å²) < 4.78 is 0. The summed E-state index contributed by atoms with van der Waals surface area (Å²) in [6.45, 7) is 0. The van der Waals surface area contributed by atoms with Crippen molar-refractivity contribution in [3.8, 4) is 0 Å². The zero-order chi connectivity index (χ0) is 8.67. The predicted octanol–water partition coefficient (Wildman–Crippen LogP) is 4.00. The number of hydrogen-bond acceptors (Lipinski definition) is 0. The molecule has 3 aliphatic carbocycles. The van der Waals surface area contributed by atoms with Crippen molar-refractivity contribution in [2.24, 2.45) is 23.7 Å². The van der Waals surface area contributed by atoms with Gasteiger partial charge in [0.1, 0.15) is 0 Å². The molecule has 0 nitrogen and oxygen atoms in total. The van der Waals surface area contributed by atoms with Gasteiger partial charge in [-0.3, -0.25) is 0 Å². The van der Waals surface area contributed by atoms with Gasteiger partial charge in [-0.05, 0) is 42.9 Å². The van der Waals surface area contributed by atoms with Crippen molar-refractivity contribution in [3.05, 3.63) is 0 Å². The zero-order valence-electron chi connectivity index (χ0n) is 8.67. The highest BCUT2D eigenvalue weighted by atomic mass is 14.5. The fraction of sp³-hybridized carbons (Fsp3) is 1.00. The molecule has 0 unspecified atom stereocenters.